The molecule has 1 heterocycles. The molecule has 0 bridgehead atoms. The molecule has 0 spiro atoms. The number of carboxylic acid groups (broad SMARTS) is 1. The number of aliphatic hydroxyl groups is 1. The van der Waals surface area contributed by atoms with Gasteiger partial charge in [0.05, 0.1) is 12.2 Å². The average Bonchev–Trinajstić information content (AvgIpc) is 2.17. The molecule has 0 aliphatic rings. The van der Waals surface area contributed by atoms with Crippen molar-refractivity contribution in [3.8, 4) is 0 Å². The number of rotatable bonds is 4. The molecule has 15 heavy (non-hydrogen) atoms. The third-order valence-electron chi connectivity index (χ3n) is 2.01. The molecule has 0 fully saturated rings. The minimum absolute atomic E-state index is 0.00846. The van der Waals surface area contributed by atoms with Gasteiger partial charge in [0.2, 0.25) is 0 Å². The number of hydrogen-bond acceptors (Lipinski definition) is 4. The summed E-state index contributed by atoms with van der Waals surface area (Å²) in [5, 5.41) is 17.6. The van der Waals surface area contributed by atoms with Gasteiger partial charge in [0.15, 0.2) is 0 Å². The molecule has 1 aromatic heterocycles. The molecule has 0 aliphatic carbocycles. The molecule has 0 atom stereocenters. The summed E-state index contributed by atoms with van der Waals surface area (Å²) in [4.78, 5) is 16.7. The van der Waals surface area contributed by atoms with E-state index in [4.69, 9.17) is 10.2 Å². The second-order valence-electron chi connectivity index (χ2n) is 3.31. The average molecular weight is 210 g/mol. The quantitative estimate of drug-likeness (QED) is 0.757. The Balaban J connectivity index is 3.03. The van der Waals surface area contributed by atoms with Gasteiger partial charge in [0.25, 0.3) is 0 Å². The van der Waals surface area contributed by atoms with E-state index in [1.807, 2.05) is 0 Å². The van der Waals surface area contributed by atoms with Crippen molar-refractivity contribution in [1.82, 2.24) is 4.98 Å². The molecular formula is C10H14N2O3. The first-order chi connectivity index (χ1) is 7.04. The maximum absolute atomic E-state index is 10.8. The van der Waals surface area contributed by atoms with E-state index >= 15 is 0 Å². The van der Waals surface area contributed by atoms with Crippen molar-refractivity contribution >= 4 is 11.8 Å². The van der Waals surface area contributed by atoms with Gasteiger partial charge in [-0.2, -0.15) is 0 Å². The fourth-order valence-corrected chi connectivity index (χ4v) is 1.23. The van der Waals surface area contributed by atoms with Crippen molar-refractivity contribution in [2.45, 2.75) is 6.92 Å². The lowest BCUT2D eigenvalue weighted by Gasteiger charge is -2.17. The minimum Gasteiger partial charge on any atom is -0.478 e. The van der Waals surface area contributed by atoms with Gasteiger partial charge < -0.3 is 15.1 Å². The number of carbonyl (C=O) groups is 1. The van der Waals surface area contributed by atoms with Crippen LogP contribution in [0.25, 0.3) is 0 Å². The Morgan fingerprint density at radius 3 is 2.73 bits per heavy atom. The van der Waals surface area contributed by atoms with Crippen molar-refractivity contribution in [3.05, 3.63) is 23.4 Å². The third-order valence-corrected chi connectivity index (χ3v) is 2.01. The van der Waals surface area contributed by atoms with Crippen LogP contribution in [0.15, 0.2) is 12.1 Å². The summed E-state index contributed by atoms with van der Waals surface area (Å²) in [7, 11) is 1.75. The zero-order chi connectivity index (χ0) is 11.4. The lowest BCUT2D eigenvalue weighted by Crippen LogP contribution is -2.22. The second-order valence-corrected chi connectivity index (χ2v) is 3.31. The number of carboxylic acids is 1. The number of aromatic nitrogens is 1. The highest BCUT2D eigenvalue weighted by molar-refractivity contribution is 5.88. The van der Waals surface area contributed by atoms with Gasteiger partial charge in [0.1, 0.15) is 5.82 Å². The number of nitrogens with zero attached hydrogens (tertiary/aromatic N) is 2. The molecule has 0 saturated heterocycles. The van der Waals surface area contributed by atoms with Crippen LogP contribution in [0.5, 0.6) is 0 Å². The number of likely N-dealkylation sites (N-methyl/N-ethyl adjacent to an activating group) is 1. The molecule has 1 aromatic rings. The summed E-state index contributed by atoms with van der Waals surface area (Å²) < 4.78 is 0. The van der Waals surface area contributed by atoms with Crippen LogP contribution in [0.3, 0.4) is 0 Å². The SMILES string of the molecule is Cc1cc(C(=O)O)cc(N(C)CCO)n1. The van der Waals surface area contributed by atoms with E-state index < -0.39 is 5.97 Å². The van der Waals surface area contributed by atoms with E-state index in [1.54, 1.807) is 18.9 Å². The summed E-state index contributed by atoms with van der Waals surface area (Å²) in [6.45, 7) is 2.17. The largest absolute Gasteiger partial charge is 0.478 e. The summed E-state index contributed by atoms with van der Waals surface area (Å²) in [6, 6.07) is 3.00. The van der Waals surface area contributed by atoms with E-state index in [0.717, 1.165) is 0 Å². The lowest BCUT2D eigenvalue weighted by molar-refractivity contribution is 0.0696. The normalized spacial score (nSPS) is 10.1. The molecule has 2 N–H and O–H groups in total. The number of aliphatic hydroxyl groups excluding tert-OH is 1. The molecule has 0 saturated carbocycles. The van der Waals surface area contributed by atoms with Crippen LogP contribution in [0.1, 0.15) is 16.1 Å². The minimum atomic E-state index is -0.973. The van der Waals surface area contributed by atoms with E-state index in [2.05, 4.69) is 4.98 Å². The molecule has 0 amide bonds. The van der Waals surface area contributed by atoms with Crippen LogP contribution in [-0.2, 0) is 0 Å². The highest BCUT2D eigenvalue weighted by Crippen LogP contribution is 2.13. The van der Waals surface area contributed by atoms with E-state index in [0.29, 0.717) is 18.1 Å². The molecule has 5 heteroatoms. The topological polar surface area (TPSA) is 73.7 Å². The molecule has 1 rings (SSSR count). The molecule has 0 aliphatic heterocycles. The fourth-order valence-electron chi connectivity index (χ4n) is 1.23. The van der Waals surface area contributed by atoms with Crippen LogP contribution >= 0.6 is 0 Å². The number of aryl methyl sites for hydroxylation is 1. The molecule has 82 valence electrons. The van der Waals surface area contributed by atoms with E-state index in [-0.39, 0.29) is 12.2 Å². The van der Waals surface area contributed by atoms with Crippen molar-refractivity contribution < 1.29 is 15.0 Å². The highest BCUT2D eigenvalue weighted by atomic mass is 16.4. The fraction of sp³-hybridized carbons (Fsp3) is 0.400. The van der Waals surface area contributed by atoms with Gasteiger partial charge in [-0.15, -0.1) is 0 Å². The maximum Gasteiger partial charge on any atom is 0.335 e. The zero-order valence-electron chi connectivity index (χ0n) is 8.77. The molecule has 0 radical (unpaired) electrons. The van der Waals surface area contributed by atoms with Crippen molar-refractivity contribution in [3.63, 3.8) is 0 Å². The van der Waals surface area contributed by atoms with Gasteiger partial charge in [-0.3, -0.25) is 0 Å². The maximum atomic E-state index is 10.8. The number of aromatic carboxylic acids is 1. The van der Waals surface area contributed by atoms with Gasteiger partial charge >= 0.3 is 5.97 Å². The molecular weight excluding hydrogens is 196 g/mol. The Labute approximate surface area is 88.0 Å². The van der Waals surface area contributed by atoms with Crippen LogP contribution in [0.4, 0.5) is 5.82 Å². The predicted molar refractivity (Wildman–Crippen MR) is 56.3 cm³/mol. The zero-order valence-corrected chi connectivity index (χ0v) is 8.77. The molecule has 5 nitrogen and oxygen atoms in total. The second kappa shape index (κ2) is 4.75. The van der Waals surface area contributed by atoms with Crippen LogP contribution in [0, 0.1) is 6.92 Å². The van der Waals surface area contributed by atoms with Crippen LogP contribution in [-0.4, -0.2) is 41.4 Å². The van der Waals surface area contributed by atoms with Gasteiger partial charge in [0, 0.05) is 19.3 Å². The smallest absolute Gasteiger partial charge is 0.335 e. The Morgan fingerprint density at radius 2 is 2.20 bits per heavy atom. The highest BCUT2D eigenvalue weighted by Gasteiger charge is 2.09. The summed E-state index contributed by atoms with van der Waals surface area (Å²) in [5.74, 6) is -0.416. The summed E-state index contributed by atoms with van der Waals surface area (Å²) >= 11 is 0. The Kier molecular flexibility index (Phi) is 3.62. The Morgan fingerprint density at radius 1 is 1.53 bits per heavy atom. The van der Waals surface area contributed by atoms with Crippen LogP contribution in [0.2, 0.25) is 0 Å². The van der Waals surface area contributed by atoms with E-state index in [9.17, 15) is 4.79 Å². The number of pyridine rings is 1. The lowest BCUT2D eigenvalue weighted by atomic mass is 10.2. The number of anilines is 1. The van der Waals surface area contributed by atoms with Gasteiger partial charge in [-0.25, -0.2) is 9.78 Å². The first kappa shape index (κ1) is 11.5. The first-order valence-corrected chi connectivity index (χ1v) is 4.58. The van der Waals surface area contributed by atoms with Crippen molar-refractivity contribution in [1.29, 1.82) is 0 Å². The molecule has 0 unspecified atom stereocenters. The Bertz CT molecular complexity index is 366. The Hall–Kier alpha value is -1.62. The molecule has 0 aromatic carbocycles. The number of hydrogen-bond donors (Lipinski definition) is 2. The van der Waals surface area contributed by atoms with Gasteiger partial charge in [-0.1, -0.05) is 0 Å². The van der Waals surface area contributed by atoms with E-state index in [1.165, 1.54) is 12.1 Å². The van der Waals surface area contributed by atoms with Crippen molar-refractivity contribution in [2.24, 2.45) is 0 Å². The summed E-state index contributed by atoms with van der Waals surface area (Å²) in [5.41, 5.74) is 0.858. The third kappa shape index (κ3) is 2.92. The summed E-state index contributed by atoms with van der Waals surface area (Å²) in [6.07, 6.45) is 0. The van der Waals surface area contributed by atoms with Crippen LogP contribution < -0.4 is 4.90 Å². The monoisotopic (exact) mass is 210 g/mol. The van der Waals surface area contributed by atoms with Gasteiger partial charge in [-0.05, 0) is 19.1 Å². The van der Waals surface area contributed by atoms with Crippen molar-refractivity contribution in [2.75, 3.05) is 25.1 Å². The standard InChI is InChI=1S/C10H14N2O3/c1-7-5-8(10(14)15)6-9(11-7)12(2)3-4-13/h5-6,13H,3-4H2,1-2H3,(H,14,15). The predicted octanol–water partition coefficient (Wildman–Crippen LogP) is 0.517. The first-order valence-electron chi connectivity index (χ1n) is 4.58.